The molecule has 0 amide bonds. The molecule has 0 rings (SSSR count). The van der Waals surface area contributed by atoms with Crippen molar-refractivity contribution in [2.45, 2.75) is 51.4 Å². The quantitative estimate of drug-likeness (QED) is 0.292. The van der Waals surface area contributed by atoms with E-state index in [1.165, 1.54) is 0 Å². The molecule has 0 saturated heterocycles. The number of carboxylic acids is 2. The van der Waals surface area contributed by atoms with Crippen LogP contribution < -0.4 is 29.1 Å². The van der Waals surface area contributed by atoms with Gasteiger partial charge in [-0.3, -0.25) is 0 Å². The maximum absolute atomic E-state index is 10.0. The molecular formula is C10H16LiO4-. The topological polar surface area (TPSA) is 80.3 Å². The molecule has 0 fully saturated rings. The van der Waals surface area contributed by atoms with Crippen molar-refractivity contribution in [3.05, 3.63) is 0 Å². The van der Waals surface area contributed by atoms with E-state index in [1.54, 1.807) is 0 Å². The first-order valence-electron chi connectivity index (χ1n) is 5.02. The van der Waals surface area contributed by atoms with Gasteiger partial charge >= 0.3 is 18.9 Å². The van der Waals surface area contributed by atoms with E-state index in [0.717, 1.165) is 25.7 Å². The van der Waals surface area contributed by atoms with Crippen LogP contribution >= 0.6 is 0 Å². The van der Waals surface area contributed by atoms with Crippen LogP contribution in [0.2, 0.25) is 0 Å². The van der Waals surface area contributed by atoms with Gasteiger partial charge in [0.2, 0.25) is 0 Å². The largest absolute Gasteiger partial charge is 1.00 e. The summed E-state index contributed by atoms with van der Waals surface area (Å²) in [5.41, 5.74) is 0. The van der Waals surface area contributed by atoms with Crippen molar-refractivity contribution >= 4 is 11.9 Å². The summed E-state index contributed by atoms with van der Waals surface area (Å²) in [5, 5.41) is 20.1. The van der Waals surface area contributed by atoms with Crippen LogP contribution in [0.3, 0.4) is 0 Å². The van der Waals surface area contributed by atoms with Crippen LogP contribution in [0.15, 0.2) is 0 Å². The first-order chi connectivity index (χ1) is 6.63. The van der Waals surface area contributed by atoms with Crippen LogP contribution in [-0.2, 0) is 9.59 Å². The Labute approximate surface area is 102 Å². The second-order valence-electron chi connectivity index (χ2n) is 3.37. The smallest absolute Gasteiger partial charge is 0.550 e. The minimum Gasteiger partial charge on any atom is -0.550 e. The minimum atomic E-state index is -0.998. The predicted molar refractivity (Wildman–Crippen MR) is 47.0 cm³/mol. The zero-order valence-corrected chi connectivity index (χ0v) is 9.29. The third-order valence-corrected chi connectivity index (χ3v) is 2.01. The average molecular weight is 207 g/mol. The summed E-state index contributed by atoms with van der Waals surface area (Å²) in [7, 11) is 0. The molecule has 0 bridgehead atoms. The fourth-order valence-corrected chi connectivity index (χ4v) is 1.25. The van der Waals surface area contributed by atoms with E-state index >= 15 is 0 Å². The molecule has 0 spiro atoms. The van der Waals surface area contributed by atoms with Crippen LogP contribution in [0.4, 0.5) is 0 Å². The van der Waals surface area contributed by atoms with Crippen LogP contribution in [0.1, 0.15) is 51.4 Å². The minimum absolute atomic E-state index is 0. The Morgan fingerprint density at radius 3 is 1.20 bits per heavy atom. The van der Waals surface area contributed by atoms with Crippen molar-refractivity contribution < 1.29 is 38.7 Å². The third-order valence-electron chi connectivity index (χ3n) is 2.01. The Bertz CT molecular complexity index is 162. The van der Waals surface area contributed by atoms with Crippen LogP contribution in [0.5, 0.6) is 0 Å². The molecular weight excluding hydrogens is 191 g/mol. The van der Waals surface area contributed by atoms with E-state index in [0.29, 0.717) is 12.8 Å². The fourth-order valence-electron chi connectivity index (χ4n) is 1.25. The molecule has 0 aliphatic carbocycles. The normalized spacial score (nSPS) is 9.33. The van der Waals surface area contributed by atoms with Gasteiger partial charge in [0.15, 0.2) is 0 Å². The molecule has 0 aliphatic heterocycles. The number of rotatable bonds is 9. The Morgan fingerprint density at radius 1 is 0.667 bits per heavy atom. The zero-order valence-electron chi connectivity index (χ0n) is 9.29. The second-order valence-corrected chi connectivity index (χ2v) is 3.37. The number of aliphatic carboxylic acids is 2. The summed E-state index contributed by atoms with van der Waals surface area (Å²) >= 11 is 0. The van der Waals surface area contributed by atoms with Gasteiger partial charge in [-0.15, -0.1) is 0 Å². The molecule has 0 radical (unpaired) electrons. The fraction of sp³-hybridized carbons (Fsp3) is 0.800. The third kappa shape index (κ3) is 16.2. The van der Waals surface area contributed by atoms with Gasteiger partial charge in [0.05, 0.1) is 0 Å². The van der Waals surface area contributed by atoms with Gasteiger partial charge in [-0.1, -0.05) is 25.7 Å². The molecule has 82 valence electrons. The van der Waals surface area contributed by atoms with E-state index in [-0.39, 0.29) is 31.7 Å². The van der Waals surface area contributed by atoms with Gasteiger partial charge in [0.25, 0.3) is 0 Å². The Morgan fingerprint density at radius 2 is 0.933 bits per heavy atom. The maximum atomic E-state index is 10.0. The molecule has 0 aromatic rings. The Balaban J connectivity index is 0. The van der Waals surface area contributed by atoms with Gasteiger partial charge in [0.1, 0.15) is 0 Å². The van der Waals surface area contributed by atoms with Crippen LogP contribution in [0.25, 0.3) is 0 Å². The number of carbonyl (C=O) groups excluding carboxylic acids is 2. The van der Waals surface area contributed by atoms with Crippen molar-refractivity contribution in [1.82, 2.24) is 0 Å². The van der Waals surface area contributed by atoms with Crippen molar-refractivity contribution in [3.8, 4) is 0 Å². The SMILES string of the molecule is O=C([O-])CCCCCCCCC(=O)[O-].[Li+]. The van der Waals surface area contributed by atoms with E-state index in [9.17, 15) is 19.8 Å². The summed E-state index contributed by atoms with van der Waals surface area (Å²) in [5.74, 6) is -2.00. The van der Waals surface area contributed by atoms with Gasteiger partial charge in [-0.2, -0.15) is 0 Å². The van der Waals surface area contributed by atoms with Crippen LogP contribution in [-0.4, -0.2) is 11.9 Å². The molecule has 0 unspecified atom stereocenters. The molecule has 0 aromatic heterocycles. The van der Waals surface area contributed by atoms with Gasteiger partial charge < -0.3 is 19.8 Å². The second kappa shape index (κ2) is 11.6. The number of unbranched alkanes of at least 4 members (excludes halogenated alkanes) is 5. The average Bonchev–Trinajstić information content (AvgIpc) is 2.08. The molecule has 15 heavy (non-hydrogen) atoms. The Kier molecular flexibility index (Phi) is 13.1. The number of hydrogen-bond donors (Lipinski definition) is 0. The molecule has 4 nitrogen and oxygen atoms in total. The molecule has 0 aliphatic rings. The van der Waals surface area contributed by atoms with E-state index in [2.05, 4.69) is 0 Å². The predicted octanol–water partition coefficient (Wildman–Crippen LogP) is -3.39. The summed E-state index contributed by atoms with van der Waals surface area (Å²) in [6.45, 7) is 0. The van der Waals surface area contributed by atoms with Gasteiger partial charge in [0, 0.05) is 11.9 Å². The monoisotopic (exact) mass is 207 g/mol. The number of hydrogen-bond acceptors (Lipinski definition) is 4. The van der Waals surface area contributed by atoms with Crippen molar-refractivity contribution in [2.75, 3.05) is 0 Å². The Hall–Kier alpha value is -0.463. The molecule has 5 heteroatoms. The molecule has 0 aromatic carbocycles. The number of carboxylic acid groups (broad SMARTS) is 2. The van der Waals surface area contributed by atoms with Crippen LogP contribution in [0, 0.1) is 0 Å². The van der Waals surface area contributed by atoms with E-state index in [1.807, 2.05) is 0 Å². The van der Waals surface area contributed by atoms with E-state index in [4.69, 9.17) is 0 Å². The standard InChI is InChI=1S/C10H18O4.Li/c11-9(12)7-5-3-1-2-4-6-8-10(13)14;/h1-8H2,(H,11,12)(H,13,14);/q;+1/p-2. The van der Waals surface area contributed by atoms with Crippen molar-refractivity contribution in [3.63, 3.8) is 0 Å². The summed E-state index contributed by atoms with van der Waals surface area (Å²) < 4.78 is 0. The van der Waals surface area contributed by atoms with Crippen molar-refractivity contribution in [1.29, 1.82) is 0 Å². The van der Waals surface area contributed by atoms with Crippen molar-refractivity contribution in [2.24, 2.45) is 0 Å². The van der Waals surface area contributed by atoms with Gasteiger partial charge in [-0.25, -0.2) is 0 Å². The summed E-state index contributed by atoms with van der Waals surface area (Å²) in [6, 6.07) is 0. The van der Waals surface area contributed by atoms with Gasteiger partial charge in [-0.05, 0) is 25.7 Å². The maximum Gasteiger partial charge on any atom is 1.00 e. The number of carbonyl (C=O) groups is 2. The molecule has 0 N–H and O–H groups in total. The molecule has 0 atom stereocenters. The summed E-state index contributed by atoms with van der Waals surface area (Å²) in [4.78, 5) is 20.1. The first kappa shape index (κ1) is 16.9. The zero-order chi connectivity index (χ0) is 10.8. The first-order valence-corrected chi connectivity index (χ1v) is 5.02. The molecule has 0 heterocycles. The van der Waals surface area contributed by atoms with E-state index < -0.39 is 11.9 Å². The summed E-state index contributed by atoms with van der Waals surface area (Å²) in [6.07, 6.45) is 5.23. The molecule has 0 saturated carbocycles.